The molecule has 0 unspecified atom stereocenters. The van der Waals surface area contributed by atoms with Crippen molar-refractivity contribution < 1.29 is 19.1 Å². The number of rotatable bonds is 9. The largest absolute Gasteiger partial charge is 0.466 e. The molecular formula is C14H24N2O4. The first-order valence-electron chi connectivity index (χ1n) is 6.87. The van der Waals surface area contributed by atoms with Gasteiger partial charge in [0.05, 0.1) is 26.1 Å². The standard InChI is InChI=1S/C14H24N2O4/c1-5-19-13(17)9-7-11(3)15-16-12(4)8-10-14(18)20-6-2/h5-10H2,1-4H3/b15-11+,16-12+. The lowest BCUT2D eigenvalue weighted by Gasteiger charge is -2.01. The van der Waals surface area contributed by atoms with E-state index in [1.54, 1.807) is 27.7 Å². The summed E-state index contributed by atoms with van der Waals surface area (Å²) in [6.45, 7) is 7.94. The van der Waals surface area contributed by atoms with Crippen molar-refractivity contribution in [1.29, 1.82) is 0 Å². The first-order valence-corrected chi connectivity index (χ1v) is 6.87. The lowest BCUT2D eigenvalue weighted by molar-refractivity contribution is -0.143. The van der Waals surface area contributed by atoms with Gasteiger partial charge in [0, 0.05) is 11.4 Å². The van der Waals surface area contributed by atoms with Crippen molar-refractivity contribution in [1.82, 2.24) is 0 Å². The van der Waals surface area contributed by atoms with Crippen LogP contribution in [0.1, 0.15) is 53.4 Å². The van der Waals surface area contributed by atoms with E-state index in [4.69, 9.17) is 9.47 Å². The van der Waals surface area contributed by atoms with Crippen molar-refractivity contribution in [3.05, 3.63) is 0 Å². The monoisotopic (exact) mass is 284 g/mol. The van der Waals surface area contributed by atoms with Crippen LogP contribution < -0.4 is 0 Å². The Balaban J connectivity index is 4.06. The van der Waals surface area contributed by atoms with E-state index in [1.165, 1.54) is 0 Å². The maximum Gasteiger partial charge on any atom is 0.306 e. The molecule has 0 bridgehead atoms. The van der Waals surface area contributed by atoms with Crippen LogP contribution in [-0.2, 0) is 19.1 Å². The molecule has 0 aromatic rings. The van der Waals surface area contributed by atoms with Crippen LogP contribution >= 0.6 is 0 Å². The highest BCUT2D eigenvalue weighted by Gasteiger charge is 2.04. The summed E-state index contributed by atoms with van der Waals surface area (Å²) in [7, 11) is 0. The average Bonchev–Trinajstić information content (AvgIpc) is 2.41. The number of esters is 2. The van der Waals surface area contributed by atoms with Gasteiger partial charge >= 0.3 is 11.9 Å². The summed E-state index contributed by atoms with van der Waals surface area (Å²) in [6.07, 6.45) is 1.65. The number of ether oxygens (including phenoxy) is 2. The van der Waals surface area contributed by atoms with Crippen LogP contribution in [0.25, 0.3) is 0 Å². The van der Waals surface area contributed by atoms with Crippen LogP contribution in [-0.4, -0.2) is 36.6 Å². The van der Waals surface area contributed by atoms with Gasteiger partial charge in [-0.1, -0.05) is 0 Å². The summed E-state index contributed by atoms with van der Waals surface area (Å²) in [4.78, 5) is 22.3. The first-order chi connectivity index (χ1) is 9.49. The predicted molar refractivity (Wildman–Crippen MR) is 78.0 cm³/mol. The lowest BCUT2D eigenvalue weighted by Crippen LogP contribution is -2.06. The van der Waals surface area contributed by atoms with Gasteiger partial charge in [-0.15, -0.1) is 0 Å². The first kappa shape index (κ1) is 18.3. The van der Waals surface area contributed by atoms with Gasteiger partial charge in [-0.3, -0.25) is 9.59 Å². The Morgan fingerprint density at radius 1 is 0.750 bits per heavy atom. The second-order valence-corrected chi connectivity index (χ2v) is 4.28. The molecular weight excluding hydrogens is 260 g/mol. The third kappa shape index (κ3) is 10.2. The zero-order valence-corrected chi connectivity index (χ0v) is 12.8. The fourth-order valence-electron chi connectivity index (χ4n) is 1.30. The van der Waals surface area contributed by atoms with Crippen LogP contribution in [0, 0.1) is 0 Å². The maximum atomic E-state index is 11.2. The minimum absolute atomic E-state index is 0.231. The molecule has 0 aromatic carbocycles. The van der Waals surface area contributed by atoms with Gasteiger partial charge in [-0.05, 0) is 40.5 Å². The molecule has 0 rings (SSSR count). The van der Waals surface area contributed by atoms with E-state index in [0.717, 1.165) is 11.4 Å². The Bertz CT molecular complexity index is 339. The predicted octanol–water partition coefficient (Wildman–Crippen LogP) is 2.51. The quantitative estimate of drug-likeness (QED) is 0.370. The second kappa shape index (κ2) is 11.1. The van der Waals surface area contributed by atoms with Crippen molar-refractivity contribution in [2.45, 2.75) is 53.4 Å². The molecule has 0 N–H and O–H groups in total. The van der Waals surface area contributed by atoms with E-state index in [0.29, 0.717) is 38.9 Å². The molecule has 0 radical (unpaired) electrons. The summed E-state index contributed by atoms with van der Waals surface area (Å²) in [5.41, 5.74) is 1.52. The molecule has 6 nitrogen and oxygen atoms in total. The highest BCUT2D eigenvalue weighted by molar-refractivity contribution is 5.88. The summed E-state index contributed by atoms with van der Waals surface area (Å²) < 4.78 is 9.65. The molecule has 0 fully saturated rings. The number of hydrogen-bond acceptors (Lipinski definition) is 6. The third-order valence-electron chi connectivity index (χ3n) is 2.38. The Hall–Kier alpha value is -1.72. The number of carbonyl (C=O) groups excluding carboxylic acids is 2. The molecule has 0 saturated heterocycles. The Labute approximate surface area is 120 Å². The smallest absolute Gasteiger partial charge is 0.306 e. The van der Waals surface area contributed by atoms with Crippen LogP contribution in [0.4, 0.5) is 0 Å². The molecule has 0 aliphatic carbocycles. The molecule has 0 aliphatic rings. The number of hydrogen-bond donors (Lipinski definition) is 0. The summed E-state index contributed by atoms with van der Waals surface area (Å²) in [5, 5.41) is 8.05. The summed E-state index contributed by atoms with van der Waals surface area (Å²) in [6, 6.07) is 0. The average molecular weight is 284 g/mol. The van der Waals surface area contributed by atoms with Gasteiger partial charge in [-0.2, -0.15) is 10.2 Å². The highest BCUT2D eigenvalue weighted by Crippen LogP contribution is 1.99. The van der Waals surface area contributed by atoms with Crippen molar-refractivity contribution in [2.75, 3.05) is 13.2 Å². The zero-order valence-electron chi connectivity index (χ0n) is 12.8. The molecule has 0 heterocycles. The van der Waals surface area contributed by atoms with Crippen molar-refractivity contribution in [3.8, 4) is 0 Å². The van der Waals surface area contributed by atoms with Crippen LogP contribution in [0.2, 0.25) is 0 Å². The van der Waals surface area contributed by atoms with Gasteiger partial charge in [0.15, 0.2) is 0 Å². The van der Waals surface area contributed by atoms with E-state index < -0.39 is 0 Å². The lowest BCUT2D eigenvalue weighted by atomic mass is 10.2. The molecule has 114 valence electrons. The maximum absolute atomic E-state index is 11.2. The molecule has 6 heteroatoms. The van der Waals surface area contributed by atoms with Crippen molar-refractivity contribution >= 4 is 23.4 Å². The van der Waals surface area contributed by atoms with E-state index in [9.17, 15) is 9.59 Å². The Kier molecular flexibility index (Phi) is 10.2. The molecule has 0 spiro atoms. The van der Waals surface area contributed by atoms with Gasteiger partial charge < -0.3 is 9.47 Å². The molecule has 0 aliphatic heterocycles. The second-order valence-electron chi connectivity index (χ2n) is 4.28. The number of carbonyl (C=O) groups is 2. The van der Waals surface area contributed by atoms with Crippen LogP contribution in [0.5, 0.6) is 0 Å². The van der Waals surface area contributed by atoms with Gasteiger partial charge in [0.1, 0.15) is 0 Å². The fourth-order valence-corrected chi connectivity index (χ4v) is 1.30. The van der Waals surface area contributed by atoms with Gasteiger partial charge in [0.25, 0.3) is 0 Å². The Morgan fingerprint density at radius 2 is 1.10 bits per heavy atom. The third-order valence-corrected chi connectivity index (χ3v) is 2.38. The Morgan fingerprint density at radius 3 is 1.40 bits per heavy atom. The van der Waals surface area contributed by atoms with Gasteiger partial charge in [-0.25, -0.2) is 0 Å². The topological polar surface area (TPSA) is 77.3 Å². The summed E-state index contributed by atoms with van der Waals surface area (Å²) in [5.74, 6) is -0.463. The minimum atomic E-state index is -0.231. The van der Waals surface area contributed by atoms with Crippen LogP contribution in [0.3, 0.4) is 0 Å². The fraction of sp³-hybridized carbons (Fsp3) is 0.714. The van der Waals surface area contributed by atoms with Crippen molar-refractivity contribution in [3.63, 3.8) is 0 Å². The molecule has 0 aromatic heterocycles. The number of nitrogens with zero attached hydrogens (tertiary/aromatic N) is 2. The minimum Gasteiger partial charge on any atom is -0.466 e. The van der Waals surface area contributed by atoms with E-state index in [-0.39, 0.29) is 11.9 Å². The SMILES string of the molecule is CCOC(=O)CC/C(C)=N/N=C(\C)CCC(=O)OCC. The van der Waals surface area contributed by atoms with Gasteiger partial charge in [0.2, 0.25) is 0 Å². The zero-order chi connectivity index (χ0) is 15.4. The van der Waals surface area contributed by atoms with Crippen LogP contribution in [0.15, 0.2) is 10.2 Å². The van der Waals surface area contributed by atoms with E-state index in [2.05, 4.69) is 10.2 Å². The summed E-state index contributed by atoms with van der Waals surface area (Å²) >= 11 is 0. The van der Waals surface area contributed by atoms with Crippen molar-refractivity contribution in [2.24, 2.45) is 10.2 Å². The molecule has 0 saturated carbocycles. The highest BCUT2D eigenvalue weighted by atomic mass is 16.5. The molecule has 20 heavy (non-hydrogen) atoms. The molecule has 0 amide bonds. The normalized spacial score (nSPS) is 12.2. The van der Waals surface area contributed by atoms with E-state index >= 15 is 0 Å². The molecule has 0 atom stereocenters. The van der Waals surface area contributed by atoms with E-state index in [1.807, 2.05) is 0 Å².